The van der Waals surface area contributed by atoms with Crippen LogP contribution >= 0.6 is 0 Å². The second-order valence-electron chi connectivity index (χ2n) is 6.36. The van der Waals surface area contributed by atoms with Crippen LogP contribution in [0.15, 0.2) is 47.4 Å². The monoisotopic (exact) mass is 389 g/mol. The summed E-state index contributed by atoms with van der Waals surface area (Å²) in [5.74, 6) is 0.0641. The summed E-state index contributed by atoms with van der Waals surface area (Å²) in [6.45, 7) is 2.46. The van der Waals surface area contributed by atoms with E-state index in [0.29, 0.717) is 18.7 Å². The maximum atomic E-state index is 12.5. The van der Waals surface area contributed by atoms with E-state index >= 15 is 0 Å². The molecule has 2 aromatic rings. The largest absolute Gasteiger partial charge is 0.312 e. The fourth-order valence-electron chi connectivity index (χ4n) is 3.06. The predicted molar refractivity (Wildman–Crippen MR) is 101 cm³/mol. The number of aryl methyl sites for hydroxylation is 1. The summed E-state index contributed by atoms with van der Waals surface area (Å²) < 4.78 is 27.5. The van der Waals surface area contributed by atoms with Crippen LogP contribution < -0.4 is 9.62 Å². The Labute approximate surface area is 157 Å². The molecule has 27 heavy (non-hydrogen) atoms. The number of benzene rings is 2. The van der Waals surface area contributed by atoms with Gasteiger partial charge < -0.3 is 4.90 Å². The standard InChI is InChI=1S/C18H19N3O5S/c1-13-11-14(8-9-17(13)20-10-3-2-7-18(20)22)19-27(25,26)16-6-4-5-15(12-16)21(23)24/h4-6,8-9,11-12,19H,2-3,7,10H2,1H3. The van der Waals surface area contributed by atoms with Crippen LogP contribution in [0, 0.1) is 17.0 Å². The highest BCUT2D eigenvalue weighted by Gasteiger charge is 2.22. The molecule has 0 aromatic heterocycles. The molecule has 142 valence electrons. The SMILES string of the molecule is Cc1cc(NS(=O)(=O)c2cccc([N+](=O)[O-])c2)ccc1N1CCCCC1=O. The number of piperidine rings is 1. The number of non-ortho nitro benzene ring substituents is 1. The normalized spacial score (nSPS) is 14.9. The summed E-state index contributed by atoms with van der Waals surface area (Å²) in [4.78, 5) is 23.8. The molecule has 1 heterocycles. The quantitative estimate of drug-likeness (QED) is 0.624. The molecule has 0 bridgehead atoms. The first-order valence-electron chi connectivity index (χ1n) is 8.46. The Kier molecular flexibility index (Phi) is 5.13. The Hall–Kier alpha value is -2.94. The summed E-state index contributed by atoms with van der Waals surface area (Å²) in [5, 5.41) is 10.9. The number of rotatable bonds is 5. The van der Waals surface area contributed by atoms with Crippen LogP contribution in [0.25, 0.3) is 0 Å². The average molecular weight is 389 g/mol. The van der Waals surface area contributed by atoms with Gasteiger partial charge in [0.1, 0.15) is 0 Å². The first-order valence-corrected chi connectivity index (χ1v) is 9.94. The van der Waals surface area contributed by atoms with Crippen LogP contribution in [0.1, 0.15) is 24.8 Å². The van der Waals surface area contributed by atoms with E-state index in [1.54, 1.807) is 23.1 Å². The lowest BCUT2D eigenvalue weighted by Gasteiger charge is -2.28. The number of sulfonamides is 1. The van der Waals surface area contributed by atoms with Crippen LogP contribution in [-0.4, -0.2) is 25.8 Å². The van der Waals surface area contributed by atoms with Gasteiger partial charge in [-0.25, -0.2) is 8.42 Å². The second kappa shape index (κ2) is 7.36. The molecule has 0 radical (unpaired) electrons. The van der Waals surface area contributed by atoms with Crippen molar-refractivity contribution in [2.24, 2.45) is 0 Å². The molecule has 1 fully saturated rings. The molecule has 0 atom stereocenters. The van der Waals surface area contributed by atoms with Gasteiger partial charge in [0.2, 0.25) is 5.91 Å². The third-order valence-corrected chi connectivity index (χ3v) is 5.78. The van der Waals surface area contributed by atoms with E-state index in [2.05, 4.69) is 4.72 Å². The molecule has 1 amide bonds. The van der Waals surface area contributed by atoms with Crippen molar-refractivity contribution in [3.8, 4) is 0 Å². The van der Waals surface area contributed by atoms with E-state index < -0.39 is 14.9 Å². The van der Waals surface area contributed by atoms with Gasteiger partial charge in [-0.3, -0.25) is 19.6 Å². The maximum absolute atomic E-state index is 12.5. The van der Waals surface area contributed by atoms with Crippen LogP contribution in [0.4, 0.5) is 17.1 Å². The van der Waals surface area contributed by atoms with E-state index in [1.165, 1.54) is 18.2 Å². The molecule has 1 aliphatic rings. The highest BCUT2D eigenvalue weighted by Crippen LogP contribution is 2.28. The molecule has 2 aromatic carbocycles. The van der Waals surface area contributed by atoms with Gasteiger partial charge in [-0.1, -0.05) is 6.07 Å². The van der Waals surface area contributed by atoms with Crippen molar-refractivity contribution in [2.45, 2.75) is 31.1 Å². The lowest BCUT2D eigenvalue weighted by molar-refractivity contribution is -0.385. The zero-order chi connectivity index (χ0) is 19.6. The lowest BCUT2D eigenvalue weighted by atomic mass is 10.1. The van der Waals surface area contributed by atoms with Crippen LogP contribution in [-0.2, 0) is 14.8 Å². The van der Waals surface area contributed by atoms with Crippen LogP contribution in [0.3, 0.4) is 0 Å². The summed E-state index contributed by atoms with van der Waals surface area (Å²) in [6, 6.07) is 9.80. The smallest absolute Gasteiger partial charge is 0.270 e. The summed E-state index contributed by atoms with van der Waals surface area (Å²) in [6.07, 6.45) is 2.34. The number of nitro benzene ring substituents is 1. The molecule has 9 heteroatoms. The Morgan fingerprint density at radius 1 is 1.15 bits per heavy atom. The number of nitrogens with zero attached hydrogens (tertiary/aromatic N) is 2. The molecule has 8 nitrogen and oxygen atoms in total. The number of hydrogen-bond donors (Lipinski definition) is 1. The Balaban J connectivity index is 1.85. The molecule has 0 aliphatic carbocycles. The Bertz CT molecular complexity index is 1000. The van der Waals surface area contributed by atoms with E-state index in [0.717, 1.165) is 30.2 Å². The summed E-state index contributed by atoms with van der Waals surface area (Å²) >= 11 is 0. The van der Waals surface area contributed by atoms with Gasteiger partial charge in [0, 0.05) is 36.5 Å². The van der Waals surface area contributed by atoms with Crippen LogP contribution in [0.2, 0.25) is 0 Å². The summed E-state index contributed by atoms with van der Waals surface area (Å²) in [7, 11) is -3.97. The zero-order valence-electron chi connectivity index (χ0n) is 14.7. The maximum Gasteiger partial charge on any atom is 0.270 e. The third kappa shape index (κ3) is 4.08. The molecular formula is C18H19N3O5S. The number of carbonyl (C=O) groups is 1. The Morgan fingerprint density at radius 3 is 2.59 bits per heavy atom. The van der Waals surface area contributed by atoms with Gasteiger partial charge >= 0.3 is 0 Å². The average Bonchev–Trinajstić information content (AvgIpc) is 2.62. The number of anilines is 2. The molecule has 1 N–H and O–H groups in total. The predicted octanol–water partition coefficient (Wildman–Crippen LogP) is 3.22. The number of nitro groups is 1. The zero-order valence-corrected chi connectivity index (χ0v) is 15.5. The molecule has 3 rings (SSSR count). The van der Waals surface area contributed by atoms with Gasteiger partial charge in [-0.05, 0) is 49.6 Å². The highest BCUT2D eigenvalue weighted by atomic mass is 32.2. The van der Waals surface area contributed by atoms with E-state index in [1.807, 2.05) is 6.92 Å². The number of hydrogen-bond acceptors (Lipinski definition) is 5. The van der Waals surface area contributed by atoms with Crippen molar-refractivity contribution in [3.05, 3.63) is 58.1 Å². The van der Waals surface area contributed by atoms with Gasteiger partial charge in [-0.2, -0.15) is 0 Å². The van der Waals surface area contributed by atoms with Gasteiger partial charge in [0.05, 0.1) is 9.82 Å². The van der Waals surface area contributed by atoms with Crippen molar-refractivity contribution >= 4 is 33.0 Å². The van der Waals surface area contributed by atoms with E-state index in [4.69, 9.17) is 0 Å². The molecular weight excluding hydrogens is 370 g/mol. The molecule has 0 saturated carbocycles. The molecule has 0 spiro atoms. The van der Waals surface area contributed by atoms with Gasteiger partial charge in [0.25, 0.3) is 15.7 Å². The minimum Gasteiger partial charge on any atom is -0.312 e. The highest BCUT2D eigenvalue weighted by molar-refractivity contribution is 7.92. The van der Waals surface area contributed by atoms with Crippen LogP contribution in [0.5, 0.6) is 0 Å². The second-order valence-corrected chi connectivity index (χ2v) is 8.05. The minimum absolute atomic E-state index is 0.0641. The topological polar surface area (TPSA) is 110 Å². The third-order valence-electron chi connectivity index (χ3n) is 4.40. The van der Waals surface area contributed by atoms with Crippen molar-refractivity contribution in [1.29, 1.82) is 0 Å². The number of nitrogens with one attached hydrogen (secondary N) is 1. The first-order chi connectivity index (χ1) is 12.8. The fourth-order valence-corrected chi connectivity index (χ4v) is 4.15. The molecule has 1 saturated heterocycles. The lowest BCUT2D eigenvalue weighted by Crippen LogP contribution is -2.35. The van der Waals surface area contributed by atoms with E-state index in [-0.39, 0.29) is 16.5 Å². The van der Waals surface area contributed by atoms with Crippen molar-refractivity contribution in [3.63, 3.8) is 0 Å². The summed E-state index contributed by atoms with van der Waals surface area (Å²) in [5.41, 5.74) is 1.56. The molecule has 0 unspecified atom stereocenters. The van der Waals surface area contributed by atoms with Gasteiger partial charge in [-0.15, -0.1) is 0 Å². The van der Waals surface area contributed by atoms with Crippen molar-refractivity contribution in [2.75, 3.05) is 16.2 Å². The molecule has 1 aliphatic heterocycles. The van der Waals surface area contributed by atoms with Crippen molar-refractivity contribution < 1.29 is 18.1 Å². The number of amides is 1. The minimum atomic E-state index is -3.97. The first kappa shape index (κ1) is 18.8. The van der Waals surface area contributed by atoms with E-state index in [9.17, 15) is 23.3 Å². The van der Waals surface area contributed by atoms with Crippen molar-refractivity contribution in [1.82, 2.24) is 0 Å². The van der Waals surface area contributed by atoms with Gasteiger partial charge in [0.15, 0.2) is 0 Å². The fraction of sp³-hybridized carbons (Fsp3) is 0.278. The Morgan fingerprint density at radius 2 is 1.93 bits per heavy atom. The number of carbonyl (C=O) groups excluding carboxylic acids is 1.